The Morgan fingerprint density at radius 1 is 1.33 bits per heavy atom. The molecule has 1 N–H and O–H groups in total. The fourth-order valence-corrected chi connectivity index (χ4v) is 3.61. The summed E-state index contributed by atoms with van der Waals surface area (Å²) in [5.74, 6) is -1.06. The van der Waals surface area contributed by atoms with Gasteiger partial charge in [0.25, 0.3) is 0 Å². The zero-order valence-corrected chi connectivity index (χ0v) is 15.5. The molecular formula is C19H24N2O6. The molecule has 146 valence electrons. The molecule has 2 fully saturated rings. The Balaban J connectivity index is 1.71. The molecule has 0 aromatic heterocycles. The molecule has 0 saturated carbocycles. The number of carboxylic acids is 1. The summed E-state index contributed by atoms with van der Waals surface area (Å²) in [5, 5.41) is 8.92. The lowest BCUT2D eigenvalue weighted by atomic mass is 10.1. The van der Waals surface area contributed by atoms with Gasteiger partial charge in [0.2, 0.25) is 11.8 Å². The van der Waals surface area contributed by atoms with Crippen LogP contribution in [0.4, 0.5) is 5.69 Å². The first-order chi connectivity index (χ1) is 12.9. The molecule has 0 spiro atoms. The number of aliphatic carboxylic acids is 1. The van der Waals surface area contributed by atoms with Gasteiger partial charge in [-0.2, -0.15) is 0 Å². The third-order valence-electron chi connectivity index (χ3n) is 4.95. The van der Waals surface area contributed by atoms with Gasteiger partial charge in [0.05, 0.1) is 37.8 Å². The van der Waals surface area contributed by atoms with E-state index < -0.39 is 18.0 Å². The topological polar surface area (TPSA) is 96.4 Å². The molecule has 27 heavy (non-hydrogen) atoms. The minimum atomic E-state index is -0.955. The van der Waals surface area contributed by atoms with Gasteiger partial charge in [0, 0.05) is 26.1 Å². The SMILES string of the molecule is COc1ccc(C)cc1N1C[C@@H](C(=O)N2CCO[C@@H](CC(=O)O)C2)CC1=O. The van der Waals surface area contributed by atoms with Crippen LogP contribution in [-0.4, -0.2) is 67.2 Å². The molecule has 0 unspecified atom stereocenters. The molecule has 2 heterocycles. The van der Waals surface area contributed by atoms with E-state index in [0.29, 0.717) is 31.1 Å². The monoisotopic (exact) mass is 376 g/mol. The zero-order chi connectivity index (χ0) is 19.6. The second-order valence-corrected chi connectivity index (χ2v) is 6.96. The Morgan fingerprint density at radius 3 is 2.81 bits per heavy atom. The number of benzene rings is 1. The molecule has 0 bridgehead atoms. The molecule has 8 nitrogen and oxygen atoms in total. The fraction of sp³-hybridized carbons (Fsp3) is 0.526. The lowest BCUT2D eigenvalue weighted by Crippen LogP contribution is -2.48. The first-order valence-corrected chi connectivity index (χ1v) is 8.96. The summed E-state index contributed by atoms with van der Waals surface area (Å²) in [6, 6.07) is 5.59. The number of ether oxygens (including phenoxy) is 2. The van der Waals surface area contributed by atoms with Crippen molar-refractivity contribution in [1.82, 2.24) is 4.90 Å². The molecule has 2 saturated heterocycles. The van der Waals surface area contributed by atoms with E-state index in [4.69, 9.17) is 14.6 Å². The number of hydrogen-bond donors (Lipinski definition) is 1. The van der Waals surface area contributed by atoms with E-state index in [2.05, 4.69) is 0 Å². The second kappa shape index (κ2) is 7.96. The number of methoxy groups -OCH3 is 1. The van der Waals surface area contributed by atoms with Gasteiger partial charge >= 0.3 is 5.97 Å². The number of hydrogen-bond acceptors (Lipinski definition) is 5. The van der Waals surface area contributed by atoms with Crippen molar-refractivity contribution in [2.45, 2.75) is 25.9 Å². The van der Waals surface area contributed by atoms with Crippen LogP contribution in [0, 0.1) is 12.8 Å². The smallest absolute Gasteiger partial charge is 0.306 e. The molecule has 0 radical (unpaired) electrons. The molecule has 1 aromatic rings. The zero-order valence-electron chi connectivity index (χ0n) is 15.5. The maximum atomic E-state index is 12.9. The van der Waals surface area contributed by atoms with E-state index in [-0.39, 0.29) is 31.2 Å². The van der Waals surface area contributed by atoms with E-state index in [0.717, 1.165) is 5.56 Å². The van der Waals surface area contributed by atoms with E-state index in [1.807, 2.05) is 25.1 Å². The maximum absolute atomic E-state index is 12.9. The van der Waals surface area contributed by atoms with Gasteiger partial charge in [-0.15, -0.1) is 0 Å². The summed E-state index contributed by atoms with van der Waals surface area (Å²) >= 11 is 0. The molecule has 2 atom stereocenters. The van der Waals surface area contributed by atoms with Crippen LogP contribution in [0.3, 0.4) is 0 Å². The van der Waals surface area contributed by atoms with Crippen LogP contribution >= 0.6 is 0 Å². The number of morpholine rings is 1. The minimum absolute atomic E-state index is 0.118. The summed E-state index contributed by atoms with van der Waals surface area (Å²) in [5.41, 5.74) is 1.67. The van der Waals surface area contributed by atoms with Gasteiger partial charge in [0.1, 0.15) is 5.75 Å². The van der Waals surface area contributed by atoms with Crippen molar-refractivity contribution in [3.05, 3.63) is 23.8 Å². The Kier molecular flexibility index (Phi) is 5.65. The third-order valence-corrected chi connectivity index (χ3v) is 4.95. The molecular weight excluding hydrogens is 352 g/mol. The van der Waals surface area contributed by atoms with Gasteiger partial charge in [0.15, 0.2) is 0 Å². The van der Waals surface area contributed by atoms with Crippen LogP contribution in [0.15, 0.2) is 18.2 Å². The Hall–Kier alpha value is -2.61. The van der Waals surface area contributed by atoms with E-state index in [1.165, 1.54) is 0 Å². The van der Waals surface area contributed by atoms with Crippen molar-refractivity contribution in [1.29, 1.82) is 0 Å². The average molecular weight is 376 g/mol. The van der Waals surface area contributed by atoms with Crippen molar-refractivity contribution < 1.29 is 29.0 Å². The summed E-state index contributed by atoms with van der Waals surface area (Å²) in [6.07, 6.45) is -0.512. The van der Waals surface area contributed by atoms with Crippen LogP contribution < -0.4 is 9.64 Å². The van der Waals surface area contributed by atoms with Crippen LogP contribution in [0.2, 0.25) is 0 Å². The number of aryl methyl sites for hydroxylation is 1. The second-order valence-electron chi connectivity index (χ2n) is 6.96. The standard InChI is InChI=1S/C19H24N2O6/c1-12-3-4-16(26-2)15(7-12)21-10-13(8-17(21)22)19(25)20-5-6-27-14(11-20)9-18(23)24/h3-4,7,13-14H,5-6,8-11H2,1-2H3,(H,23,24)/t13-,14-/m0/s1. The fourth-order valence-electron chi connectivity index (χ4n) is 3.61. The lowest BCUT2D eigenvalue weighted by molar-refractivity contribution is -0.149. The lowest BCUT2D eigenvalue weighted by Gasteiger charge is -2.33. The number of carbonyl (C=O) groups is 3. The summed E-state index contributed by atoms with van der Waals surface area (Å²) < 4.78 is 10.8. The van der Waals surface area contributed by atoms with Crippen LogP contribution in [-0.2, 0) is 19.1 Å². The molecule has 2 aliphatic rings. The number of rotatable bonds is 5. The predicted octanol–water partition coefficient (Wildman–Crippen LogP) is 1.06. The number of nitrogens with zero attached hydrogens (tertiary/aromatic N) is 2. The van der Waals surface area contributed by atoms with Gasteiger partial charge in [-0.3, -0.25) is 14.4 Å². The Labute approximate surface area is 157 Å². The summed E-state index contributed by atoms with van der Waals surface area (Å²) in [7, 11) is 1.55. The highest BCUT2D eigenvalue weighted by Gasteiger charge is 2.39. The molecule has 2 amide bonds. The largest absolute Gasteiger partial charge is 0.495 e. The molecule has 8 heteroatoms. The van der Waals surface area contributed by atoms with Gasteiger partial charge in [-0.1, -0.05) is 6.07 Å². The van der Waals surface area contributed by atoms with Crippen molar-refractivity contribution in [2.24, 2.45) is 5.92 Å². The van der Waals surface area contributed by atoms with Gasteiger partial charge in [-0.25, -0.2) is 0 Å². The molecule has 0 aliphatic carbocycles. The van der Waals surface area contributed by atoms with Crippen molar-refractivity contribution >= 4 is 23.5 Å². The minimum Gasteiger partial charge on any atom is -0.495 e. The number of anilines is 1. The maximum Gasteiger partial charge on any atom is 0.306 e. The van der Waals surface area contributed by atoms with Crippen molar-refractivity contribution in [3.8, 4) is 5.75 Å². The third kappa shape index (κ3) is 4.21. The van der Waals surface area contributed by atoms with Crippen LogP contribution in [0.5, 0.6) is 5.75 Å². The molecule has 2 aliphatic heterocycles. The molecule has 3 rings (SSSR count). The number of carbonyl (C=O) groups excluding carboxylic acids is 2. The highest BCUT2D eigenvalue weighted by atomic mass is 16.5. The van der Waals surface area contributed by atoms with Crippen LogP contribution in [0.25, 0.3) is 0 Å². The highest BCUT2D eigenvalue weighted by Crippen LogP contribution is 2.34. The highest BCUT2D eigenvalue weighted by molar-refractivity contribution is 6.01. The van der Waals surface area contributed by atoms with Crippen molar-refractivity contribution in [3.63, 3.8) is 0 Å². The van der Waals surface area contributed by atoms with Gasteiger partial charge < -0.3 is 24.4 Å². The van der Waals surface area contributed by atoms with E-state index in [1.54, 1.807) is 16.9 Å². The first-order valence-electron chi connectivity index (χ1n) is 8.96. The predicted molar refractivity (Wildman–Crippen MR) is 96.8 cm³/mol. The quantitative estimate of drug-likeness (QED) is 0.825. The van der Waals surface area contributed by atoms with E-state index >= 15 is 0 Å². The Bertz CT molecular complexity index is 750. The normalized spacial score (nSPS) is 22.8. The summed E-state index contributed by atoms with van der Waals surface area (Å²) in [4.78, 5) is 39.5. The van der Waals surface area contributed by atoms with E-state index in [9.17, 15) is 14.4 Å². The number of carboxylic acid groups (broad SMARTS) is 1. The number of amides is 2. The van der Waals surface area contributed by atoms with Crippen LogP contribution in [0.1, 0.15) is 18.4 Å². The van der Waals surface area contributed by atoms with Gasteiger partial charge in [-0.05, 0) is 24.6 Å². The van der Waals surface area contributed by atoms with Crippen molar-refractivity contribution in [2.75, 3.05) is 38.3 Å². The molecule has 1 aromatic carbocycles. The summed E-state index contributed by atoms with van der Waals surface area (Å²) in [6.45, 7) is 3.18. The Morgan fingerprint density at radius 2 is 2.11 bits per heavy atom. The average Bonchev–Trinajstić information content (AvgIpc) is 3.02. The first kappa shape index (κ1) is 19.2.